The number of rotatable bonds is 3. The lowest BCUT2D eigenvalue weighted by Gasteiger charge is -2.01. The first kappa shape index (κ1) is 11.0. The van der Waals surface area contributed by atoms with E-state index in [1.54, 1.807) is 0 Å². The SMILES string of the molecule is CC(=O)c1cc(F)cc([N+](=O)[O-])c1C=O. The summed E-state index contributed by atoms with van der Waals surface area (Å²) in [5.41, 5.74) is -1.37. The number of halogens is 1. The number of aldehydes is 1. The van der Waals surface area contributed by atoms with E-state index < -0.39 is 27.8 Å². The number of Topliss-reactive ketones (excluding diaryl/α,β-unsaturated/α-hetero) is 1. The summed E-state index contributed by atoms with van der Waals surface area (Å²) in [6, 6.07) is 1.41. The fraction of sp³-hybridized carbons (Fsp3) is 0.111. The highest BCUT2D eigenvalue weighted by molar-refractivity contribution is 6.03. The summed E-state index contributed by atoms with van der Waals surface area (Å²) in [7, 11) is 0. The molecule has 1 aromatic rings. The number of hydrogen-bond donors (Lipinski definition) is 0. The van der Waals surface area contributed by atoms with Crippen LogP contribution in [0, 0.1) is 15.9 Å². The molecule has 15 heavy (non-hydrogen) atoms. The van der Waals surface area contributed by atoms with Crippen molar-refractivity contribution in [2.45, 2.75) is 6.92 Å². The standard InChI is InChI=1S/C9H6FNO4/c1-5(13)7-2-6(10)3-9(11(14)15)8(7)4-12/h2-4H,1H3. The van der Waals surface area contributed by atoms with Crippen molar-refractivity contribution in [3.05, 3.63) is 39.2 Å². The molecular formula is C9H6FNO4. The first-order valence-electron chi connectivity index (χ1n) is 3.91. The van der Waals surface area contributed by atoms with E-state index in [2.05, 4.69) is 0 Å². The Balaban J connectivity index is 3.59. The number of benzene rings is 1. The van der Waals surface area contributed by atoms with Gasteiger partial charge in [0.15, 0.2) is 12.1 Å². The molecule has 0 heterocycles. The van der Waals surface area contributed by atoms with Crippen LogP contribution < -0.4 is 0 Å². The Morgan fingerprint density at radius 1 is 1.53 bits per heavy atom. The van der Waals surface area contributed by atoms with Crippen LogP contribution in [-0.4, -0.2) is 17.0 Å². The second-order valence-corrected chi connectivity index (χ2v) is 2.82. The molecule has 0 aliphatic carbocycles. The molecule has 1 aromatic carbocycles. The van der Waals surface area contributed by atoms with Crippen LogP contribution in [-0.2, 0) is 0 Å². The molecule has 0 radical (unpaired) electrons. The summed E-state index contributed by atoms with van der Waals surface area (Å²) in [5, 5.41) is 10.5. The summed E-state index contributed by atoms with van der Waals surface area (Å²) in [4.78, 5) is 31.2. The van der Waals surface area contributed by atoms with Gasteiger partial charge in [-0.25, -0.2) is 4.39 Å². The first-order chi connectivity index (χ1) is 6.97. The molecule has 0 aliphatic heterocycles. The number of hydrogen-bond acceptors (Lipinski definition) is 4. The van der Waals surface area contributed by atoms with Crippen LogP contribution in [0.25, 0.3) is 0 Å². The van der Waals surface area contributed by atoms with Gasteiger partial charge in [0.25, 0.3) is 5.69 Å². The molecule has 78 valence electrons. The van der Waals surface area contributed by atoms with Gasteiger partial charge in [-0.1, -0.05) is 0 Å². The average Bonchev–Trinajstić information content (AvgIpc) is 2.16. The smallest absolute Gasteiger partial charge is 0.283 e. The lowest BCUT2D eigenvalue weighted by atomic mass is 10.0. The maximum atomic E-state index is 12.9. The topological polar surface area (TPSA) is 77.3 Å². The van der Waals surface area contributed by atoms with Gasteiger partial charge in [0, 0.05) is 5.56 Å². The predicted molar refractivity (Wildman–Crippen MR) is 48.4 cm³/mol. The lowest BCUT2D eigenvalue weighted by molar-refractivity contribution is -0.385. The van der Waals surface area contributed by atoms with Crippen molar-refractivity contribution >= 4 is 17.8 Å². The summed E-state index contributed by atoms with van der Waals surface area (Å²) in [6.07, 6.45) is 0.175. The number of carbonyl (C=O) groups is 2. The van der Waals surface area contributed by atoms with E-state index in [1.165, 1.54) is 0 Å². The number of nitro groups is 1. The monoisotopic (exact) mass is 211 g/mol. The Morgan fingerprint density at radius 3 is 2.53 bits per heavy atom. The molecule has 0 aromatic heterocycles. The second kappa shape index (κ2) is 3.95. The second-order valence-electron chi connectivity index (χ2n) is 2.82. The largest absolute Gasteiger partial charge is 0.298 e. The zero-order valence-corrected chi connectivity index (χ0v) is 7.69. The zero-order valence-electron chi connectivity index (χ0n) is 7.69. The van der Waals surface area contributed by atoms with E-state index in [0.29, 0.717) is 6.07 Å². The number of ketones is 1. The van der Waals surface area contributed by atoms with E-state index in [1.807, 2.05) is 0 Å². The van der Waals surface area contributed by atoms with E-state index >= 15 is 0 Å². The van der Waals surface area contributed by atoms with Crippen LogP contribution in [0.5, 0.6) is 0 Å². The van der Waals surface area contributed by atoms with Gasteiger partial charge in [-0.05, 0) is 13.0 Å². The normalized spacial score (nSPS) is 9.73. The molecular weight excluding hydrogens is 205 g/mol. The Labute approximate surface area is 83.7 Å². The summed E-state index contributed by atoms with van der Waals surface area (Å²) in [5.74, 6) is -1.52. The minimum atomic E-state index is -0.919. The van der Waals surface area contributed by atoms with Crippen molar-refractivity contribution in [3.8, 4) is 0 Å². The maximum Gasteiger partial charge on any atom is 0.283 e. The highest BCUT2D eigenvalue weighted by atomic mass is 19.1. The van der Waals surface area contributed by atoms with Gasteiger partial charge in [-0.2, -0.15) is 0 Å². The Bertz CT molecular complexity index is 420. The van der Waals surface area contributed by atoms with Crippen molar-refractivity contribution in [2.24, 2.45) is 0 Å². The van der Waals surface area contributed by atoms with Crippen LogP contribution in [0.15, 0.2) is 12.1 Å². The minimum absolute atomic E-state index is 0.175. The Morgan fingerprint density at radius 2 is 2.13 bits per heavy atom. The van der Waals surface area contributed by atoms with Crippen LogP contribution in [0.4, 0.5) is 10.1 Å². The van der Waals surface area contributed by atoms with Crippen LogP contribution in [0.2, 0.25) is 0 Å². The molecule has 5 nitrogen and oxygen atoms in total. The van der Waals surface area contributed by atoms with E-state index in [0.717, 1.165) is 13.0 Å². The molecule has 0 saturated carbocycles. The third-order valence-corrected chi connectivity index (χ3v) is 1.82. The van der Waals surface area contributed by atoms with Crippen LogP contribution in [0.3, 0.4) is 0 Å². The van der Waals surface area contributed by atoms with Gasteiger partial charge in [0.1, 0.15) is 11.4 Å². The van der Waals surface area contributed by atoms with Crippen molar-refractivity contribution in [2.75, 3.05) is 0 Å². The fourth-order valence-corrected chi connectivity index (χ4v) is 1.17. The van der Waals surface area contributed by atoms with Crippen molar-refractivity contribution in [3.63, 3.8) is 0 Å². The lowest BCUT2D eigenvalue weighted by Crippen LogP contribution is -2.04. The molecule has 0 N–H and O–H groups in total. The van der Waals surface area contributed by atoms with E-state index in [4.69, 9.17) is 0 Å². The molecule has 0 fully saturated rings. The molecule has 0 unspecified atom stereocenters. The predicted octanol–water partition coefficient (Wildman–Crippen LogP) is 1.75. The third kappa shape index (κ3) is 2.04. The molecule has 1 rings (SSSR count). The van der Waals surface area contributed by atoms with E-state index in [-0.39, 0.29) is 11.8 Å². The van der Waals surface area contributed by atoms with Crippen molar-refractivity contribution in [1.29, 1.82) is 0 Å². The van der Waals surface area contributed by atoms with Crippen LogP contribution in [0.1, 0.15) is 27.6 Å². The zero-order chi connectivity index (χ0) is 11.6. The number of carbonyl (C=O) groups excluding carboxylic acids is 2. The average molecular weight is 211 g/mol. The molecule has 0 amide bonds. The summed E-state index contributed by atoms with van der Waals surface area (Å²) in [6.45, 7) is 1.10. The fourth-order valence-electron chi connectivity index (χ4n) is 1.17. The first-order valence-corrected chi connectivity index (χ1v) is 3.91. The quantitative estimate of drug-likeness (QED) is 0.330. The minimum Gasteiger partial charge on any atom is -0.298 e. The summed E-state index contributed by atoms with van der Waals surface area (Å²) < 4.78 is 12.9. The third-order valence-electron chi connectivity index (χ3n) is 1.82. The number of nitro benzene ring substituents is 1. The van der Waals surface area contributed by atoms with Gasteiger partial charge in [-0.15, -0.1) is 0 Å². The summed E-state index contributed by atoms with van der Waals surface area (Å²) >= 11 is 0. The molecule has 0 bridgehead atoms. The van der Waals surface area contributed by atoms with Gasteiger partial charge in [0.2, 0.25) is 0 Å². The molecule has 0 atom stereocenters. The Hall–Kier alpha value is -2.11. The van der Waals surface area contributed by atoms with Gasteiger partial charge in [0.05, 0.1) is 11.0 Å². The van der Waals surface area contributed by atoms with E-state index in [9.17, 15) is 24.1 Å². The number of nitrogens with zero attached hydrogens (tertiary/aromatic N) is 1. The van der Waals surface area contributed by atoms with Gasteiger partial charge >= 0.3 is 0 Å². The molecule has 0 spiro atoms. The van der Waals surface area contributed by atoms with Gasteiger partial charge in [-0.3, -0.25) is 19.7 Å². The maximum absolute atomic E-state index is 12.9. The Kier molecular flexibility index (Phi) is 2.89. The highest BCUT2D eigenvalue weighted by Crippen LogP contribution is 2.22. The van der Waals surface area contributed by atoms with Crippen molar-refractivity contribution < 1.29 is 18.9 Å². The highest BCUT2D eigenvalue weighted by Gasteiger charge is 2.21. The molecule has 6 heteroatoms. The molecule has 0 saturated heterocycles. The van der Waals surface area contributed by atoms with Crippen molar-refractivity contribution in [1.82, 2.24) is 0 Å². The van der Waals surface area contributed by atoms with Gasteiger partial charge < -0.3 is 0 Å². The molecule has 0 aliphatic rings. The van der Waals surface area contributed by atoms with Crippen LogP contribution >= 0.6 is 0 Å².